The van der Waals surface area contributed by atoms with E-state index in [1.54, 1.807) is 14.2 Å². The fraction of sp³-hybridized carbons (Fsp3) is 0.381. The summed E-state index contributed by atoms with van der Waals surface area (Å²) in [5.74, 6) is 1.64. The molecule has 0 unspecified atom stereocenters. The number of nitrogens with zero attached hydrogens (tertiary/aromatic N) is 1. The predicted molar refractivity (Wildman–Crippen MR) is 103 cm³/mol. The van der Waals surface area contributed by atoms with Crippen molar-refractivity contribution in [2.75, 3.05) is 32.6 Å². The molecule has 5 heteroatoms. The average molecular weight is 354 g/mol. The van der Waals surface area contributed by atoms with Gasteiger partial charge in [0.1, 0.15) is 11.5 Å². The highest BCUT2D eigenvalue weighted by Gasteiger charge is 2.30. The van der Waals surface area contributed by atoms with Crippen LogP contribution in [0.15, 0.2) is 42.5 Å². The average Bonchev–Trinajstić information content (AvgIpc) is 3.08. The van der Waals surface area contributed by atoms with Gasteiger partial charge in [-0.05, 0) is 62.2 Å². The summed E-state index contributed by atoms with van der Waals surface area (Å²) in [6, 6.07) is 13.8. The van der Waals surface area contributed by atoms with Gasteiger partial charge in [0.05, 0.1) is 20.8 Å². The highest BCUT2D eigenvalue weighted by molar-refractivity contribution is 5.92. The van der Waals surface area contributed by atoms with E-state index in [9.17, 15) is 4.79 Å². The highest BCUT2D eigenvalue weighted by Crippen LogP contribution is 2.38. The molecule has 1 atom stereocenters. The monoisotopic (exact) mass is 354 g/mol. The van der Waals surface area contributed by atoms with Crippen LogP contribution in [0, 0.1) is 6.92 Å². The summed E-state index contributed by atoms with van der Waals surface area (Å²) < 4.78 is 10.9. The first-order valence-corrected chi connectivity index (χ1v) is 8.93. The minimum atomic E-state index is 0.00404. The van der Waals surface area contributed by atoms with Crippen LogP contribution in [0.25, 0.3) is 0 Å². The van der Waals surface area contributed by atoms with Crippen molar-refractivity contribution in [3.8, 4) is 11.5 Å². The Morgan fingerprint density at radius 2 is 2.04 bits per heavy atom. The fourth-order valence-corrected chi connectivity index (χ4v) is 3.58. The normalized spacial score (nSPS) is 17.1. The third-order valence-corrected chi connectivity index (χ3v) is 4.81. The molecule has 1 aliphatic heterocycles. The number of rotatable bonds is 6. The van der Waals surface area contributed by atoms with E-state index in [-0.39, 0.29) is 11.9 Å². The first-order valence-electron chi connectivity index (χ1n) is 8.93. The molecule has 0 aromatic heterocycles. The van der Waals surface area contributed by atoms with Crippen LogP contribution in [-0.2, 0) is 4.79 Å². The Balaban J connectivity index is 1.73. The number of amides is 1. The molecule has 3 rings (SSSR count). The van der Waals surface area contributed by atoms with Gasteiger partial charge in [0.25, 0.3) is 0 Å². The number of hydrogen-bond donors (Lipinski definition) is 1. The zero-order chi connectivity index (χ0) is 18.5. The number of carbonyl (C=O) groups is 1. The van der Waals surface area contributed by atoms with Gasteiger partial charge >= 0.3 is 0 Å². The quantitative estimate of drug-likeness (QED) is 0.857. The molecule has 0 spiro atoms. The van der Waals surface area contributed by atoms with Gasteiger partial charge in [-0.2, -0.15) is 0 Å². The van der Waals surface area contributed by atoms with Crippen LogP contribution in [0.5, 0.6) is 11.5 Å². The molecule has 5 nitrogen and oxygen atoms in total. The van der Waals surface area contributed by atoms with Crippen molar-refractivity contribution >= 4 is 11.6 Å². The summed E-state index contributed by atoms with van der Waals surface area (Å²) in [6.07, 6.45) is 2.06. The lowest BCUT2D eigenvalue weighted by Gasteiger charge is -2.26. The number of ether oxygens (including phenoxy) is 2. The van der Waals surface area contributed by atoms with E-state index in [1.807, 2.05) is 49.4 Å². The van der Waals surface area contributed by atoms with Crippen molar-refractivity contribution < 1.29 is 14.3 Å². The lowest BCUT2D eigenvalue weighted by atomic mass is 10.0. The Kier molecular flexibility index (Phi) is 5.78. The van der Waals surface area contributed by atoms with E-state index in [1.165, 1.54) is 0 Å². The van der Waals surface area contributed by atoms with Gasteiger partial charge in [-0.1, -0.05) is 12.1 Å². The predicted octanol–water partition coefficient (Wildman–Crippen LogP) is 3.79. The molecular weight excluding hydrogens is 328 g/mol. The lowest BCUT2D eigenvalue weighted by Crippen LogP contribution is -2.33. The van der Waals surface area contributed by atoms with Crippen molar-refractivity contribution in [1.29, 1.82) is 0 Å². The maximum Gasteiger partial charge on any atom is 0.238 e. The highest BCUT2D eigenvalue weighted by atomic mass is 16.5. The number of anilines is 1. The first kappa shape index (κ1) is 18.3. The Morgan fingerprint density at radius 1 is 1.19 bits per heavy atom. The van der Waals surface area contributed by atoms with Crippen LogP contribution >= 0.6 is 0 Å². The van der Waals surface area contributed by atoms with Gasteiger partial charge in [-0.15, -0.1) is 0 Å². The van der Waals surface area contributed by atoms with Crippen molar-refractivity contribution in [2.24, 2.45) is 0 Å². The van der Waals surface area contributed by atoms with Crippen LogP contribution in [0.2, 0.25) is 0 Å². The Labute approximate surface area is 154 Å². The summed E-state index contributed by atoms with van der Waals surface area (Å²) in [7, 11) is 3.34. The SMILES string of the molecule is COc1ccc(OC)c([C@@H]2CCCN2CC(=O)Nc2cccc(C)c2)c1. The molecule has 2 aromatic rings. The Hall–Kier alpha value is -2.53. The number of carbonyl (C=O) groups excluding carboxylic acids is 1. The maximum atomic E-state index is 12.5. The molecule has 1 heterocycles. The van der Waals surface area contributed by atoms with E-state index in [0.29, 0.717) is 6.54 Å². The summed E-state index contributed by atoms with van der Waals surface area (Å²) in [5, 5.41) is 3.00. The molecular formula is C21H26N2O3. The van der Waals surface area contributed by atoms with Crippen molar-refractivity contribution in [3.63, 3.8) is 0 Å². The van der Waals surface area contributed by atoms with E-state index in [0.717, 1.165) is 47.7 Å². The fourth-order valence-electron chi connectivity index (χ4n) is 3.58. The molecule has 2 aromatic carbocycles. The smallest absolute Gasteiger partial charge is 0.238 e. The van der Waals surface area contributed by atoms with Gasteiger partial charge in [-0.3, -0.25) is 9.69 Å². The number of methoxy groups -OCH3 is 2. The number of hydrogen-bond acceptors (Lipinski definition) is 4. The van der Waals surface area contributed by atoms with E-state index >= 15 is 0 Å². The third-order valence-electron chi connectivity index (χ3n) is 4.81. The van der Waals surface area contributed by atoms with E-state index in [4.69, 9.17) is 9.47 Å². The second kappa shape index (κ2) is 8.23. The van der Waals surface area contributed by atoms with Crippen LogP contribution in [0.1, 0.15) is 30.0 Å². The minimum Gasteiger partial charge on any atom is -0.497 e. The summed E-state index contributed by atoms with van der Waals surface area (Å²) in [6.45, 7) is 3.27. The standard InChI is InChI=1S/C21H26N2O3/c1-15-6-4-7-16(12-15)22-21(24)14-23-11-5-8-19(23)18-13-17(25-2)9-10-20(18)26-3/h4,6-7,9-10,12-13,19H,5,8,11,14H2,1-3H3,(H,22,24)/t19-/m0/s1. The van der Waals surface area contributed by atoms with E-state index < -0.39 is 0 Å². The Morgan fingerprint density at radius 3 is 2.77 bits per heavy atom. The Bertz CT molecular complexity index is 776. The molecule has 138 valence electrons. The molecule has 0 bridgehead atoms. The van der Waals surface area contributed by atoms with Gasteiger partial charge in [0.2, 0.25) is 5.91 Å². The molecule has 1 saturated heterocycles. The second-order valence-corrected chi connectivity index (χ2v) is 6.65. The van der Waals surface area contributed by atoms with Crippen molar-refractivity contribution in [2.45, 2.75) is 25.8 Å². The molecule has 1 aliphatic rings. The largest absolute Gasteiger partial charge is 0.497 e. The minimum absolute atomic E-state index is 0.00404. The third kappa shape index (κ3) is 4.17. The number of nitrogens with one attached hydrogen (secondary N) is 1. The topological polar surface area (TPSA) is 50.8 Å². The molecule has 1 amide bonds. The molecule has 0 aliphatic carbocycles. The summed E-state index contributed by atoms with van der Waals surface area (Å²) >= 11 is 0. The number of aryl methyl sites for hydroxylation is 1. The van der Waals surface area contributed by atoms with Crippen molar-refractivity contribution in [3.05, 3.63) is 53.6 Å². The van der Waals surface area contributed by atoms with Crippen LogP contribution in [-0.4, -0.2) is 38.1 Å². The van der Waals surface area contributed by atoms with E-state index in [2.05, 4.69) is 10.2 Å². The second-order valence-electron chi connectivity index (χ2n) is 6.65. The van der Waals surface area contributed by atoms with Gasteiger partial charge in [0.15, 0.2) is 0 Å². The first-order chi connectivity index (χ1) is 12.6. The van der Waals surface area contributed by atoms with Gasteiger partial charge in [-0.25, -0.2) is 0 Å². The molecule has 1 N–H and O–H groups in total. The molecule has 0 saturated carbocycles. The lowest BCUT2D eigenvalue weighted by molar-refractivity contribution is -0.117. The van der Waals surface area contributed by atoms with Gasteiger partial charge < -0.3 is 14.8 Å². The summed E-state index contributed by atoms with van der Waals surface area (Å²) in [4.78, 5) is 14.7. The van der Waals surface area contributed by atoms with Crippen molar-refractivity contribution in [1.82, 2.24) is 4.90 Å². The molecule has 26 heavy (non-hydrogen) atoms. The van der Waals surface area contributed by atoms with Crippen LogP contribution < -0.4 is 14.8 Å². The zero-order valence-corrected chi connectivity index (χ0v) is 15.6. The maximum absolute atomic E-state index is 12.5. The molecule has 0 radical (unpaired) electrons. The summed E-state index contributed by atoms with van der Waals surface area (Å²) in [5.41, 5.74) is 3.04. The van der Waals surface area contributed by atoms with Crippen LogP contribution in [0.4, 0.5) is 5.69 Å². The van der Waals surface area contributed by atoms with Gasteiger partial charge in [0, 0.05) is 17.3 Å². The molecule has 1 fully saturated rings. The van der Waals surface area contributed by atoms with Crippen LogP contribution in [0.3, 0.4) is 0 Å². The number of likely N-dealkylation sites (tertiary alicyclic amines) is 1. The zero-order valence-electron chi connectivity index (χ0n) is 15.6. The number of benzene rings is 2.